The van der Waals surface area contributed by atoms with Crippen LogP contribution in [0.4, 0.5) is 0 Å². The number of thiophene rings is 1. The number of rotatable bonds is 6. The SMILES string of the molecule is CCC.c1ccc(-c2ccc(-c3nc(-c4ccc(-c5ccccc5)cc4)nc(-n4c5ccccc5c5cccc(-c6cccc7c6sc6ccc8ccccc8c67)c54)n3)cc2)cc1. The Morgan fingerprint density at radius 2 is 0.889 bits per heavy atom. The highest BCUT2D eigenvalue weighted by atomic mass is 32.1. The predicted octanol–water partition coefficient (Wildman–Crippen LogP) is 16.2. The standard InChI is InChI=1S/C55H34N4S.C3H8/c1-3-13-35(14-4-1)37-25-29-40(30-26-37)53-56-54(41-31-27-38(28-32-41)36-15-5-2-6-16-36)58-55(57-53)59-48-24-10-9-19-43(48)44-20-11-21-45(51(44)59)46-22-12-23-47-50-42-18-8-7-17-39(42)33-34-49(50)60-52(46)47;1-3-2/h1-34H;3H2,1-2H3. The highest BCUT2D eigenvalue weighted by Gasteiger charge is 2.22. The number of hydrogen-bond acceptors (Lipinski definition) is 4. The molecule has 5 heteroatoms. The quantitative estimate of drug-likeness (QED) is 0.168. The molecule has 3 aromatic heterocycles. The van der Waals surface area contributed by atoms with E-state index in [-0.39, 0.29) is 0 Å². The Labute approximate surface area is 370 Å². The van der Waals surface area contributed by atoms with Gasteiger partial charge < -0.3 is 0 Å². The van der Waals surface area contributed by atoms with Crippen LogP contribution in [0.2, 0.25) is 0 Å². The fourth-order valence-electron chi connectivity index (χ4n) is 8.83. The fourth-order valence-corrected chi connectivity index (χ4v) is 10.1. The van der Waals surface area contributed by atoms with Gasteiger partial charge in [-0.25, -0.2) is 4.98 Å². The molecule has 4 nitrogen and oxygen atoms in total. The molecule has 12 rings (SSSR count). The van der Waals surface area contributed by atoms with Crippen molar-refractivity contribution >= 4 is 64.1 Å². The van der Waals surface area contributed by atoms with Crippen LogP contribution < -0.4 is 0 Å². The second-order valence-electron chi connectivity index (χ2n) is 15.9. The molecule has 0 saturated carbocycles. The van der Waals surface area contributed by atoms with Crippen molar-refractivity contribution in [3.8, 4) is 62.1 Å². The molecule has 0 spiro atoms. The number of fused-ring (bicyclic) bond motifs is 8. The molecule has 0 aliphatic carbocycles. The summed E-state index contributed by atoms with van der Waals surface area (Å²) in [6.45, 7) is 4.25. The molecule has 0 radical (unpaired) electrons. The van der Waals surface area contributed by atoms with Crippen molar-refractivity contribution in [1.82, 2.24) is 19.5 Å². The molecule has 0 unspecified atom stereocenters. The summed E-state index contributed by atoms with van der Waals surface area (Å²) in [7, 11) is 0. The van der Waals surface area contributed by atoms with Crippen LogP contribution in [-0.2, 0) is 0 Å². The molecule has 0 aliphatic rings. The third-order valence-corrected chi connectivity index (χ3v) is 12.9. The van der Waals surface area contributed by atoms with Gasteiger partial charge in [-0.3, -0.25) is 4.57 Å². The normalized spacial score (nSPS) is 11.4. The Kier molecular flexibility index (Phi) is 9.87. The summed E-state index contributed by atoms with van der Waals surface area (Å²) >= 11 is 1.86. The molecule has 0 saturated heterocycles. The minimum absolute atomic E-state index is 0.572. The lowest BCUT2D eigenvalue weighted by Gasteiger charge is -2.14. The first-order chi connectivity index (χ1) is 31.2. The summed E-state index contributed by atoms with van der Waals surface area (Å²) in [5.74, 6) is 1.80. The highest BCUT2D eigenvalue weighted by Crippen LogP contribution is 2.46. The average molecular weight is 827 g/mol. The van der Waals surface area contributed by atoms with Gasteiger partial charge in [0.2, 0.25) is 5.95 Å². The Morgan fingerprint density at radius 3 is 1.52 bits per heavy atom. The molecular weight excluding hydrogens is 785 g/mol. The molecule has 0 amide bonds. The van der Waals surface area contributed by atoms with Gasteiger partial charge >= 0.3 is 0 Å². The zero-order valence-corrected chi connectivity index (χ0v) is 35.9. The lowest BCUT2D eigenvalue weighted by atomic mass is 9.98. The van der Waals surface area contributed by atoms with Gasteiger partial charge in [-0.1, -0.05) is 214 Å². The van der Waals surface area contributed by atoms with E-state index in [1.54, 1.807) is 0 Å². The average Bonchev–Trinajstić information content (AvgIpc) is 3.92. The van der Waals surface area contributed by atoms with E-state index in [1.165, 1.54) is 54.1 Å². The first kappa shape index (κ1) is 38.2. The topological polar surface area (TPSA) is 43.6 Å². The first-order valence-corrected chi connectivity index (χ1v) is 22.4. The first-order valence-electron chi connectivity index (χ1n) is 21.6. The number of nitrogens with zero attached hydrogens (tertiary/aromatic N) is 4. The van der Waals surface area contributed by atoms with Gasteiger partial charge in [-0.2, -0.15) is 9.97 Å². The van der Waals surface area contributed by atoms with Crippen LogP contribution in [0.15, 0.2) is 206 Å². The van der Waals surface area contributed by atoms with Gasteiger partial charge in [0.05, 0.1) is 11.0 Å². The number of para-hydroxylation sites is 2. The van der Waals surface area contributed by atoms with E-state index >= 15 is 0 Å². The summed E-state index contributed by atoms with van der Waals surface area (Å²) in [6, 6.07) is 73.2. The van der Waals surface area contributed by atoms with E-state index in [9.17, 15) is 0 Å². The van der Waals surface area contributed by atoms with Gasteiger partial charge in [0, 0.05) is 53.2 Å². The number of hydrogen-bond donors (Lipinski definition) is 0. The second kappa shape index (κ2) is 16.3. The highest BCUT2D eigenvalue weighted by molar-refractivity contribution is 7.26. The van der Waals surface area contributed by atoms with Crippen LogP contribution in [0, 0.1) is 0 Å². The van der Waals surface area contributed by atoms with Crippen molar-refractivity contribution in [1.29, 1.82) is 0 Å². The van der Waals surface area contributed by atoms with Gasteiger partial charge in [-0.05, 0) is 45.2 Å². The maximum atomic E-state index is 5.35. The van der Waals surface area contributed by atoms with Crippen LogP contribution in [-0.4, -0.2) is 19.5 Å². The maximum Gasteiger partial charge on any atom is 0.238 e. The molecule has 0 aliphatic heterocycles. The largest absolute Gasteiger partial charge is 0.277 e. The van der Waals surface area contributed by atoms with E-state index < -0.39 is 0 Å². The minimum Gasteiger partial charge on any atom is -0.277 e. The van der Waals surface area contributed by atoms with Crippen LogP contribution in [0.25, 0.3) is 115 Å². The molecule has 0 fully saturated rings. The third-order valence-electron chi connectivity index (χ3n) is 11.7. The maximum absolute atomic E-state index is 5.35. The van der Waals surface area contributed by atoms with Crippen molar-refractivity contribution in [2.24, 2.45) is 0 Å². The molecular formula is C58H42N4S. The molecule has 0 N–H and O–H groups in total. The number of aromatic nitrogens is 4. The molecule has 9 aromatic carbocycles. The van der Waals surface area contributed by atoms with Crippen molar-refractivity contribution in [2.45, 2.75) is 20.3 Å². The smallest absolute Gasteiger partial charge is 0.238 e. The van der Waals surface area contributed by atoms with Gasteiger partial charge in [0.25, 0.3) is 0 Å². The van der Waals surface area contributed by atoms with Crippen molar-refractivity contribution in [2.75, 3.05) is 0 Å². The van der Waals surface area contributed by atoms with Crippen molar-refractivity contribution < 1.29 is 0 Å². The lowest BCUT2D eigenvalue weighted by Crippen LogP contribution is -2.07. The zero-order chi connectivity index (χ0) is 42.3. The summed E-state index contributed by atoms with van der Waals surface area (Å²) in [5.41, 5.74) is 10.9. The van der Waals surface area contributed by atoms with E-state index in [1.807, 2.05) is 23.5 Å². The Bertz CT molecular complexity index is 3490. The fraction of sp³-hybridized carbons (Fsp3) is 0.0517. The summed E-state index contributed by atoms with van der Waals surface area (Å²) in [4.78, 5) is 15.9. The van der Waals surface area contributed by atoms with E-state index in [2.05, 4.69) is 213 Å². The van der Waals surface area contributed by atoms with E-state index in [4.69, 9.17) is 15.0 Å². The van der Waals surface area contributed by atoms with Crippen molar-refractivity contribution in [3.63, 3.8) is 0 Å². The van der Waals surface area contributed by atoms with Gasteiger partial charge in [-0.15, -0.1) is 11.3 Å². The summed E-state index contributed by atoms with van der Waals surface area (Å²) in [6.07, 6.45) is 1.25. The molecule has 12 aromatic rings. The third kappa shape index (κ3) is 6.84. The van der Waals surface area contributed by atoms with Crippen LogP contribution in [0.3, 0.4) is 0 Å². The Hall–Kier alpha value is -7.73. The molecule has 0 bridgehead atoms. The zero-order valence-electron chi connectivity index (χ0n) is 35.0. The molecule has 63 heavy (non-hydrogen) atoms. The second-order valence-corrected chi connectivity index (χ2v) is 16.9. The lowest BCUT2D eigenvalue weighted by molar-refractivity contribution is 0.954. The van der Waals surface area contributed by atoms with Crippen LogP contribution in [0.1, 0.15) is 20.3 Å². The minimum atomic E-state index is 0.572. The van der Waals surface area contributed by atoms with Crippen molar-refractivity contribution in [3.05, 3.63) is 206 Å². The van der Waals surface area contributed by atoms with Crippen LogP contribution >= 0.6 is 11.3 Å². The molecule has 0 atom stereocenters. The monoisotopic (exact) mass is 826 g/mol. The Balaban J connectivity index is 0.00000144. The van der Waals surface area contributed by atoms with Crippen LogP contribution in [0.5, 0.6) is 0 Å². The van der Waals surface area contributed by atoms with E-state index in [0.29, 0.717) is 17.6 Å². The Morgan fingerprint density at radius 1 is 0.397 bits per heavy atom. The molecule has 300 valence electrons. The molecule has 3 heterocycles. The van der Waals surface area contributed by atoms with Gasteiger partial charge in [0.15, 0.2) is 11.6 Å². The summed E-state index contributed by atoms with van der Waals surface area (Å²) in [5, 5.41) is 7.41. The predicted molar refractivity (Wildman–Crippen MR) is 268 cm³/mol. The van der Waals surface area contributed by atoms with E-state index in [0.717, 1.165) is 49.6 Å². The number of benzene rings is 9. The van der Waals surface area contributed by atoms with Gasteiger partial charge in [0.1, 0.15) is 0 Å². The summed E-state index contributed by atoms with van der Waals surface area (Å²) < 4.78 is 4.81.